The predicted molar refractivity (Wildman–Crippen MR) is 105 cm³/mol. The van der Waals surface area contributed by atoms with Gasteiger partial charge in [-0.25, -0.2) is 17.7 Å². The van der Waals surface area contributed by atoms with E-state index in [9.17, 15) is 8.42 Å². The van der Waals surface area contributed by atoms with Gasteiger partial charge in [-0.15, -0.1) is 0 Å². The highest BCUT2D eigenvalue weighted by molar-refractivity contribution is 7.98. The average molecular weight is 408 g/mol. The van der Waals surface area contributed by atoms with Gasteiger partial charge in [0.05, 0.1) is 4.90 Å². The Hall–Kier alpha value is -1.80. The summed E-state index contributed by atoms with van der Waals surface area (Å²) in [6.07, 6.45) is 3.63. The second-order valence-electron chi connectivity index (χ2n) is 5.78. The Balaban J connectivity index is 1.79. The minimum Gasteiger partial charge on any atom is -0.295 e. The monoisotopic (exact) mass is 407 g/mol. The SMILES string of the molecule is CN(C)S(=O)(=O)c1cccc(CSc2nccn2-c2ccc(Cl)cc2)c1. The Labute approximate surface area is 162 Å². The first-order valence-corrected chi connectivity index (χ1v) is 10.6. The summed E-state index contributed by atoms with van der Waals surface area (Å²) < 4.78 is 27.7. The quantitative estimate of drug-likeness (QED) is 0.578. The predicted octanol–water partition coefficient (Wildman–Crippen LogP) is 4.07. The summed E-state index contributed by atoms with van der Waals surface area (Å²) >= 11 is 7.49. The Morgan fingerprint density at radius 2 is 1.88 bits per heavy atom. The molecule has 0 N–H and O–H groups in total. The first-order chi connectivity index (χ1) is 12.4. The van der Waals surface area contributed by atoms with Crippen molar-refractivity contribution in [1.29, 1.82) is 0 Å². The number of aromatic nitrogens is 2. The molecule has 0 aliphatic carbocycles. The fraction of sp³-hybridized carbons (Fsp3) is 0.167. The van der Waals surface area contributed by atoms with Crippen LogP contribution in [0.4, 0.5) is 0 Å². The van der Waals surface area contributed by atoms with Crippen molar-refractivity contribution < 1.29 is 8.42 Å². The van der Waals surface area contributed by atoms with Crippen LogP contribution in [0.25, 0.3) is 5.69 Å². The number of halogens is 1. The van der Waals surface area contributed by atoms with Gasteiger partial charge in [-0.3, -0.25) is 4.57 Å². The maximum absolute atomic E-state index is 12.3. The molecule has 0 saturated heterocycles. The van der Waals surface area contributed by atoms with E-state index >= 15 is 0 Å². The van der Waals surface area contributed by atoms with Crippen molar-refractivity contribution in [3.05, 3.63) is 71.5 Å². The lowest BCUT2D eigenvalue weighted by Crippen LogP contribution is -2.22. The molecule has 0 saturated carbocycles. The number of nitrogens with zero attached hydrogens (tertiary/aromatic N) is 3. The number of benzene rings is 2. The minimum atomic E-state index is -3.44. The maximum atomic E-state index is 12.3. The molecule has 3 rings (SSSR count). The van der Waals surface area contributed by atoms with E-state index in [1.807, 2.05) is 41.1 Å². The third-order valence-electron chi connectivity index (χ3n) is 3.76. The van der Waals surface area contributed by atoms with E-state index in [2.05, 4.69) is 4.98 Å². The molecule has 0 amide bonds. The van der Waals surface area contributed by atoms with Crippen LogP contribution in [0.2, 0.25) is 5.02 Å². The minimum absolute atomic E-state index is 0.293. The lowest BCUT2D eigenvalue weighted by Gasteiger charge is -2.12. The molecular formula is C18H18ClN3O2S2. The standard InChI is InChI=1S/C18H18ClN3O2S2/c1-21(2)26(23,24)17-5-3-4-14(12-17)13-25-18-20-10-11-22(18)16-8-6-15(19)7-9-16/h3-12H,13H2,1-2H3. The molecule has 0 aliphatic rings. The fourth-order valence-electron chi connectivity index (χ4n) is 2.35. The van der Waals surface area contributed by atoms with Crippen molar-refractivity contribution in [3.63, 3.8) is 0 Å². The Bertz CT molecular complexity index is 999. The summed E-state index contributed by atoms with van der Waals surface area (Å²) in [4.78, 5) is 4.69. The van der Waals surface area contributed by atoms with Crippen LogP contribution in [0, 0.1) is 0 Å². The average Bonchev–Trinajstić information content (AvgIpc) is 3.09. The Morgan fingerprint density at radius 1 is 1.15 bits per heavy atom. The number of rotatable bonds is 6. The highest BCUT2D eigenvalue weighted by Gasteiger charge is 2.17. The van der Waals surface area contributed by atoms with Crippen LogP contribution in [0.3, 0.4) is 0 Å². The topological polar surface area (TPSA) is 55.2 Å². The van der Waals surface area contributed by atoms with Crippen molar-refractivity contribution in [2.45, 2.75) is 15.8 Å². The van der Waals surface area contributed by atoms with Crippen LogP contribution in [0.1, 0.15) is 5.56 Å². The third kappa shape index (κ3) is 4.12. The molecule has 1 heterocycles. The van der Waals surface area contributed by atoms with Gasteiger partial charge < -0.3 is 0 Å². The van der Waals surface area contributed by atoms with Crippen LogP contribution >= 0.6 is 23.4 Å². The van der Waals surface area contributed by atoms with Gasteiger partial charge in [-0.2, -0.15) is 0 Å². The first-order valence-electron chi connectivity index (χ1n) is 7.81. The Morgan fingerprint density at radius 3 is 2.58 bits per heavy atom. The van der Waals surface area contributed by atoms with Gasteiger partial charge in [0.1, 0.15) is 0 Å². The molecule has 3 aromatic rings. The second kappa shape index (κ2) is 7.84. The van der Waals surface area contributed by atoms with Crippen LogP contribution in [0.5, 0.6) is 0 Å². The molecule has 0 bridgehead atoms. The van der Waals surface area contributed by atoms with E-state index in [0.717, 1.165) is 16.4 Å². The fourth-order valence-corrected chi connectivity index (χ4v) is 4.36. The van der Waals surface area contributed by atoms with Gasteiger partial charge in [0, 0.05) is 43.0 Å². The van der Waals surface area contributed by atoms with Gasteiger partial charge in [-0.1, -0.05) is 35.5 Å². The molecule has 0 aliphatic heterocycles. The molecule has 0 unspecified atom stereocenters. The van der Waals surface area contributed by atoms with E-state index in [-0.39, 0.29) is 0 Å². The van der Waals surface area contributed by atoms with Crippen LogP contribution in [-0.4, -0.2) is 36.4 Å². The van der Waals surface area contributed by atoms with Crippen molar-refractivity contribution >= 4 is 33.4 Å². The molecule has 0 radical (unpaired) electrons. The zero-order chi connectivity index (χ0) is 18.7. The molecule has 1 aromatic heterocycles. The van der Waals surface area contributed by atoms with Gasteiger partial charge in [-0.05, 0) is 42.0 Å². The molecule has 0 fully saturated rings. The maximum Gasteiger partial charge on any atom is 0.242 e. The van der Waals surface area contributed by atoms with E-state index in [1.165, 1.54) is 18.4 Å². The second-order valence-corrected chi connectivity index (χ2v) is 9.31. The van der Waals surface area contributed by atoms with Crippen molar-refractivity contribution in [3.8, 4) is 5.69 Å². The van der Waals surface area contributed by atoms with E-state index in [1.54, 1.807) is 36.2 Å². The zero-order valence-electron chi connectivity index (χ0n) is 14.3. The van der Waals surface area contributed by atoms with E-state index in [4.69, 9.17) is 11.6 Å². The van der Waals surface area contributed by atoms with E-state index in [0.29, 0.717) is 15.7 Å². The molecule has 26 heavy (non-hydrogen) atoms. The van der Waals surface area contributed by atoms with Gasteiger partial charge >= 0.3 is 0 Å². The molecular weight excluding hydrogens is 390 g/mol. The summed E-state index contributed by atoms with van der Waals surface area (Å²) in [5.74, 6) is 0.612. The summed E-state index contributed by atoms with van der Waals surface area (Å²) in [5.41, 5.74) is 1.89. The number of hydrogen-bond donors (Lipinski definition) is 0. The normalized spacial score (nSPS) is 11.8. The molecule has 8 heteroatoms. The largest absolute Gasteiger partial charge is 0.295 e. The molecule has 0 atom stereocenters. The molecule has 2 aromatic carbocycles. The van der Waals surface area contributed by atoms with Gasteiger partial charge in [0.25, 0.3) is 0 Å². The molecule has 136 valence electrons. The lowest BCUT2D eigenvalue weighted by molar-refractivity contribution is 0.520. The smallest absolute Gasteiger partial charge is 0.242 e. The van der Waals surface area contributed by atoms with Gasteiger partial charge in [0.15, 0.2) is 5.16 Å². The Kier molecular flexibility index (Phi) is 5.72. The third-order valence-corrected chi connectivity index (χ3v) is 6.86. The first kappa shape index (κ1) is 19.0. The van der Waals surface area contributed by atoms with Crippen LogP contribution in [0.15, 0.2) is 71.0 Å². The number of imidazole rings is 1. The number of sulfonamides is 1. The van der Waals surface area contributed by atoms with Gasteiger partial charge in [0.2, 0.25) is 10.0 Å². The van der Waals surface area contributed by atoms with Crippen LogP contribution in [-0.2, 0) is 15.8 Å². The lowest BCUT2D eigenvalue weighted by atomic mass is 10.2. The van der Waals surface area contributed by atoms with Crippen molar-refractivity contribution in [2.75, 3.05) is 14.1 Å². The van der Waals surface area contributed by atoms with E-state index < -0.39 is 10.0 Å². The van der Waals surface area contributed by atoms with Crippen LogP contribution < -0.4 is 0 Å². The highest BCUT2D eigenvalue weighted by Crippen LogP contribution is 2.26. The highest BCUT2D eigenvalue weighted by atomic mass is 35.5. The summed E-state index contributed by atoms with van der Waals surface area (Å²) in [6, 6.07) is 14.5. The molecule has 5 nitrogen and oxygen atoms in total. The zero-order valence-corrected chi connectivity index (χ0v) is 16.7. The molecule has 0 spiro atoms. The number of thioether (sulfide) groups is 1. The summed E-state index contributed by atoms with van der Waals surface area (Å²) in [5, 5.41) is 1.51. The summed E-state index contributed by atoms with van der Waals surface area (Å²) in [6.45, 7) is 0. The van der Waals surface area contributed by atoms with Crippen molar-refractivity contribution in [1.82, 2.24) is 13.9 Å². The summed E-state index contributed by atoms with van der Waals surface area (Å²) in [7, 11) is -0.381. The van der Waals surface area contributed by atoms with Crippen molar-refractivity contribution in [2.24, 2.45) is 0 Å². The number of hydrogen-bond acceptors (Lipinski definition) is 4.